The number of hydrogen-bond acceptors (Lipinski definition) is 2. The topological polar surface area (TPSA) is 24.7 Å². The van der Waals surface area contributed by atoms with Crippen LogP contribution in [0.4, 0.5) is 0 Å². The van der Waals surface area contributed by atoms with Crippen molar-refractivity contribution in [2.45, 2.75) is 17.4 Å². The summed E-state index contributed by atoms with van der Waals surface area (Å²) in [5.41, 5.74) is 3.87. The Balaban J connectivity index is 0.000000110. The van der Waals surface area contributed by atoms with Gasteiger partial charge in [0.25, 0.3) is 0 Å². The van der Waals surface area contributed by atoms with Gasteiger partial charge in [-0.2, -0.15) is 10.2 Å². The highest BCUT2D eigenvalue weighted by atomic mass is 127. The van der Waals surface area contributed by atoms with Crippen molar-refractivity contribution < 1.29 is 0 Å². The first-order valence-electron chi connectivity index (χ1n) is 4.48. The van der Waals surface area contributed by atoms with Crippen molar-refractivity contribution >= 4 is 22.6 Å². The first-order chi connectivity index (χ1) is 6.57. The highest BCUT2D eigenvalue weighted by molar-refractivity contribution is 14.1. The fourth-order valence-corrected chi connectivity index (χ4v) is 1.84. The van der Waals surface area contributed by atoms with E-state index in [9.17, 15) is 0 Å². The van der Waals surface area contributed by atoms with Crippen LogP contribution in [0, 0.1) is 0 Å². The Hall–Kier alpha value is -0.710. The molecule has 3 aliphatic rings. The van der Waals surface area contributed by atoms with Crippen LogP contribution >= 0.6 is 22.6 Å². The Morgan fingerprint density at radius 1 is 1.14 bits per heavy atom. The predicted octanol–water partition coefficient (Wildman–Crippen LogP) is 4.17. The summed E-state index contributed by atoms with van der Waals surface area (Å²) in [4.78, 5) is 0. The van der Waals surface area contributed by atoms with E-state index in [2.05, 4.69) is 57.1 Å². The Labute approximate surface area is 97.3 Å². The van der Waals surface area contributed by atoms with Gasteiger partial charge in [-0.05, 0) is 53.6 Å². The number of hydrogen-bond donors (Lipinski definition) is 0. The fourth-order valence-electron chi connectivity index (χ4n) is 1.28. The lowest BCUT2D eigenvalue weighted by Gasteiger charge is -2.10. The van der Waals surface area contributed by atoms with Crippen LogP contribution in [-0.2, 0) is 0 Å². The van der Waals surface area contributed by atoms with Gasteiger partial charge in [0.1, 0.15) is 3.55 Å². The fraction of sp³-hybridized carbons (Fsp3) is 0.273. The van der Waals surface area contributed by atoms with Crippen molar-refractivity contribution in [3.8, 4) is 11.1 Å². The molecule has 0 aromatic heterocycles. The minimum Gasteiger partial charge on any atom is -0.167 e. The number of allylic oxidation sites excluding steroid dienone is 1. The second-order valence-electron chi connectivity index (χ2n) is 3.59. The summed E-state index contributed by atoms with van der Waals surface area (Å²) in [6.07, 6.45) is 2.04. The summed E-state index contributed by atoms with van der Waals surface area (Å²) >= 11 is 2.24. The van der Waals surface area contributed by atoms with E-state index in [0.29, 0.717) is 0 Å². The first-order valence-corrected chi connectivity index (χ1v) is 5.56. The summed E-state index contributed by atoms with van der Waals surface area (Å²) < 4.78 is -0.0676. The minimum absolute atomic E-state index is 0.0676. The Kier molecular flexibility index (Phi) is 2.43. The molecule has 3 rings (SSSR count). The molecule has 0 radical (unpaired) electrons. The van der Waals surface area contributed by atoms with Crippen LogP contribution in [-0.4, -0.2) is 3.55 Å². The van der Waals surface area contributed by atoms with Crippen LogP contribution in [0.1, 0.15) is 13.8 Å². The van der Waals surface area contributed by atoms with Crippen LogP contribution < -0.4 is 0 Å². The SMILES string of the molecule is CC1=CC(C)(I)N=N1.c1cc2ccc1-2. The molecule has 2 nitrogen and oxygen atoms in total. The number of nitrogens with zero attached hydrogens (tertiary/aromatic N) is 2. The van der Waals surface area contributed by atoms with Gasteiger partial charge in [0.2, 0.25) is 0 Å². The molecular weight excluding hydrogens is 287 g/mol. The zero-order valence-corrected chi connectivity index (χ0v) is 10.3. The number of azo groups is 1. The van der Waals surface area contributed by atoms with Crippen LogP contribution in [0.5, 0.6) is 0 Å². The average molecular weight is 298 g/mol. The van der Waals surface area contributed by atoms with Gasteiger partial charge in [-0.1, -0.05) is 24.3 Å². The first kappa shape index (κ1) is 9.83. The number of rotatable bonds is 0. The Bertz CT molecular complexity index is 381. The van der Waals surface area contributed by atoms with Crippen molar-refractivity contribution in [1.82, 2.24) is 0 Å². The molecule has 0 fully saturated rings. The monoisotopic (exact) mass is 298 g/mol. The molecular formula is C11H11IN2. The third kappa shape index (κ3) is 2.03. The third-order valence-corrected chi connectivity index (χ3v) is 2.62. The van der Waals surface area contributed by atoms with E-state index in [-0.39, 0.29) is 3.55 Å². The summed E-state index contributed by atoms with van der Waals surface area (Å²) in [5, 5.41) is 7.84. The molecule has 0 amide bonds. The van der Waals surface area contributed by atoms with Crippen molar-refractivity contribution in [3.05, 3.63) is 36.0 Å². The lowest BCUT2D eigenvalue weighted by Crippen LogP contribution is -2.01. The van der Waals surface area contributed by atoms with Crippen molar-refractivity contribution in [2.75, 3.05) is 0 Å². The standard InChI is InChI=1S/C6H4.C5H7IN2/c1-2-6-4-3-5(1)6;1-4-3-5(2,6)8-7-4/h1-4H;3H,1-2H3. The molecule has 72 valence electrons. The van der Waals surface area contributed by atoms with Gasteiger partial charge in [-0.3, -0.25) is 0 Å². The third-order valence-electron chi connectivity index (χ3n) is 2.09. The molecule has 0 aromatic rings. The van der Waals surface area contributed by atoms with Crippen molar-refractivity contribution in [1.29, 1.82) is 0 Å². The molecule has 0 spiro atoms. The normalized spacial score (nSPS) is 25.2. The lowest BCUT2D eigenvalue weighted by molar-refractivity contribution is 0.861. The van der Waals surface area contributed by atoms with Gasteiger partial charge in [-0.25, -0.2) is 0 Å². The molecule has 0 aromatic carbocycles. The second-order valence-corrected chi connectivity index (χ2v) is 5.77. The van der Waals surface area contributed by atoms with Crippen molar-refractivity contribution in [3.63, 3.8) is 0 Å². The van der Waals surface area contributed by atoms with E-state index in [1.54, 1.807) is 0 Å². The molecule has 1 unspecified atom stereocenters. The van der Waals surface area contributed by atoms with Gasteiger partial charge >= 0.3 is 0 Å². The Morgan fingerprint density at radius 2 is 1.64 bits per heavy atom. The van der Waals surface area contributed by atoms with Gasteiger partial charge < -0.3 is 0 Å². The summed E-state index contributed by atoms with van der Waals surface area (Å²) in [5.74, 6) is 0. The summed E-state index contributed by atoms with van der Waals surface area (Å²) in [6.45, 7) is 3.97. The molecule has 1 atom stereocenters. The quantitative estimate of drug-likeness (QED) is 0.396. The predicted molar refractivity (Wildman–Crippen MR) is 66.5 cm³/mol. The second kappa shape index (κ2) is 3.46. The molecule has 1 heterocycles. The molecule has 0 saturated heterocycles. The van der Waals surface area contributed by atoms with Gasteiger partial charge in [0.05, 0.1) is 5.70 Å². The maximum absolute atomic E-state index is 3.97. The summed E-state index contributed by atoms with van der Waals surface area (Å²) in [7, 11) is 0. The lowest BCUT2D eigenvalue weighted by atomic mass is 9.95. The molecule has 2 aliphatic carbocycles. The molecule has 0 saturated carbocycles. The molecule has 1 aliphatic heterocycles. The van der Waals surface area contributed by atoms with E-state index >= 15 is 0 Å². The number of fused-ring (bicyclic) bond motifs is 1. The van der Waals surface area contributed by atoms with Gasteiger partial charge in [-0.15, -0.1) is 0 Å². The average Bonchev–Trinajstić information content (AvgIpc) is 2.38. The number of alkyl halides is 1. The van der Waals surface area contributed by atoms with E-state index in [0.717, 1.165) is 5.70 Å². The molecule has 0 N–H and O–H groups in total. The highest BCUT2D eigenvalue weighted by Crippen LogP contribution is 2.29. The zero-order chi connectivity index (χ0) is 10.2. The van der Waals surface area contributed by atoms with Crippen molar-refractivity contribution in [2.24, 2.45) is 10.2 Å². The molecule has 3 heteroatoms. The number of benzene rings is 1. The van der Waals surface area contributed by atoms with Crippen LogP contribution in [0.2, 0.25) is 0 Å². The molecule has 0 bridgehead atoms. The van der Waals surface area contributed by atoms with Gasteiger partial charge in [0, 0.05) is 0 Å². The van der Waals surface area contributed by atoms with E-state index in [1.807, 2.05) is 19.9 Å². The van der Waals surface area contributed by atoms with E-state index in [4.69, 9.17) is 0 Å². The smallest absolute Gasteiger partial charge is 0.150 e. The highest BCUT2D eigenvalue weighted by Gasteiger charge is 2.19. The van der Waals surface area contributed by atoms with E-state index < -0.39 is 0 Å². The maximum atomic E-state index is 3.97. The number of halogens is 1. The zero-order valence-electron chi connectivity index (χ0n) is 8.16. The largest absolute Gasteiger partial charge is 0.167 e. The van der Waals surface area contributed by atoms with Crippen LogP contribution in [0.3, 0.4) is 0 Å². The van der Waals surface area contributed by atoms with Crippen LogP contribution in [0.15, 0.2) is 46.3 Å². The van der Waals surface area contributed by atoms with E-state index in [1.165, 1.54) is 11.1 Å². The maximum Gasteiger partial charge on any atom is 0.150 e. The minimum atomic E-state index is -0.0676. The Morgan fingerprint density at radius 3 is 1.71 bits per heavy atom. The van der Waals surface area contributed by atoms with Crippen LogP contribution in [0.25, 0.3) is 11.1 Å². The molecule has 14 heavy (non-hydrogen) atoms. The van der Waals surface area contributed by atoms with Gasteiger partial charge in [0.15, 0.2) is 0 Å². The summed E-state index contributed by atoms with van der Waals surface area (Å²) in [6, 6.07) is 8.48.